The Bertz CT molecular complexity index is 421. The normalized spacial score (nSPS) is 43.3. The first-order chi connectivity index (χ1) is 9.39. The SMILES string of the molecule is C[C@H](N)C(=O)NC12CC3CC(CC(C3)C1CC(=O)O)C2. The number of hydrogen-bond donors (Lipinski definition) is 3. The van der Waals surface area contributed by atoms with Crippen LogP contribution in [0.5, 0.6) is 0 Å². The molecule has 5 nitrogen and oxygen atoms in total. The van der Waals surface area contributed by atoms with Gasteiger partial charge in [-0.1, -0.05) is 0 Å². The van der Waals surface area contributed by atoms with Gasteiger partial charge in [-0.3, -0.25) is 9.59 Å². The first kappa shape index (κ1) is 13.9. The van der Waals surface area contributed by atoms with Gasteiger partial charge in [-0.2, -0.15) is 0 Å². The van der Waals surface area contributed by atoms with E-state index in [-0.39, 0.29) is 23.8 Å². The van der Waals surface area contributed by atoms with E-state index in [2.05, 4.69) is 5.32 Å². The van der Waals surface area contributed by atoms with Gasteiger partial charge in [-0.15, -0.1) is 0 Å². The fraction of sp³-hybridized carbons (Fsp3) is 0.867. The van der Waals surface area contributed by atoms with E-state index in [9.17, 15) is 14.7 Å². The molecule has 3 unspecified atom stereocenters. The average molecular weight is 280 g/mol. The van der Waals surface area contributed by atoms with Crippen molar-refractivity contribution >= 4 is 11.9 Å². The van der Waals surface area contributed by atoms with E-state index < -0.39 is 12.0 Å². The van der Waals surface area contributed by atoms with Crippen LogP contribution in [-0.4, -0.2) is 28.6 Å². The second-order valence-corrected chi connectivity index (χ2v) is 7.25. The highest BCUT2D eigenvalue weighted by molar-refractivity contribution is 5.82. The summed E-state index contributed by atoms with van der Waals surface area (Å²) < 4.78 is 0. The summed E-state index contributed by atoms with van der Waals surface area (Å²) >= 11 is 0. The molecular formula is C15H24N2O3. The number of carbonyl (C=O) groups excluding carboxylic acids is 1. The zero-order valence-corrected chi connectivity index (χ0v) is 12.0. The molecule has 0 aliphatic heterocycles. The standard InChI is InChI=1S/C15H24N2O3/c1-8(16)14(20)17-15-6-9-2-10(7-15)4-11(3-9)12(15)5-13(18)19/h8-12H,2-7,16H2,1H3,(H,17,20)(H,18,19)/t8-,9?,10?,11?,12?,15?/m0/s1. The topological polar surface area (TPSA) is 92.4 Å². The summed E-state index contributed by atoms with van der Waals surface area (Å²) in [6.45, 7) is 1.68. The lowest BCUT2D eigenvalue weighted by Gasteiger charge is -2.61. The number of nitrogens with two attached hydrogens (primary N) is 1. The summed E-state index contributed by atoms with van der Waals surface area (Å²) in [7, 11) is 0. The molecule has 0 saturated heterocycles. The molecule has 4 atom stereocenters. The average Bonchev–Trinajstić information content (AvgIpc) is 2.32. The van der Waals surface area contributed by atoms with Crippen molar-refractivity contribution in [2.24, 2.45) is 29.4 Å². The number of carboxylic acids is 1. The van der Waals surface area contributed by atoms with Crippen molar-refractivity contribution in [3.8, 4) is 0 Å². The Morgan fingerprint density at radius 2 is 1.90 bits per heavy atom. The zero-order valence-electron chi connectivity index (χ0n) is 12.0. The van der Waals surface area contributed by atoms with Crippen molar-refractivity contribution in [1.82, 2.24) is 5.32 Å². The van der Waals surface area contributed by atoms with E-state index in [0.29, 0.717) is 17.8 Å². The van der Waals surface area contributed by atoms with Crippen LogP contribution >= 0.6 is 0 Å². The molecule has 0 spiro atoms. The molecule has 4 saturated carbocycles. The van der Waals surface area contributed by atoms with Crippen LogP contribution < -0.4 is 11.1 Å². The fourth-order valence-electron chi connectivity index (χ4n) is 5.25. The number of aliphatic carboxylic acids is 1. The lowest BCUT2D eigenvalue weighted by atomic mass is 9.47. The van der Waals surface area contributed by atoms with E-state index in [4.69, 9.17) is 5.73 Å². The molecule has 4 aliphatic carbocycles. The fourth-order valence-corrected chi connectivity index (χ4v) is 5.25. The minimum atomic E-state index is -0.753. The number of hydrogen-bond acceptors (Lipinski definition) is 3. The number of carboxylic acid groups (broad SMARTS) is 1. The molecule has 4 N–H and O–H groups in total. The van der Waals surface area contributed by atoms with Gasteiger partial charge in [0.25, 0.3) is 0 Å². The van der Waals surface area contributed by atoms with Crippen LogP contribution in [0, 0.1) is 23.7 Å². The van der Waals surface area contributed by atoms with E-state index in [1.807, 2.05) is 0 Å². The Kier molecular flexibility index (Phi) is 3.27. The van der Waals surface area contributed by atoms with E-state index in [0.717, 1.165) is 25.7 Å². The number of amides is 1. The summed E-state index contributed by atoms with van der Waals surface area (Å²) in [5.41, 5.74) is 5.38. The van der Waals surface area contributed by atoms with E-state index >= 15 is 0 Å². The molecule has 4 rings (SSSR count). The lowest BCUT2D eigenvalue weighted by Crippen LogP contribution is -2.67. The van der Waals surface area contributed by atoms with Gasteiger partial charge in [-0.05, 0) is 62.7 Å². The van der Waals surface area contributed by atoms with Crippen molar-refractivity contribution < 1.29 is 14.7 Å². The van der Waals surface area contributed by atoms with Crippen LogP contribution in [0.4, 0.5) is 0 Å². The summed E-state index contributed by atoms with van der Waals surface area (Å²) in [5.74, 6) is 0.970. The third-order valence-electron chi connectivity index (χ3n) is 5.70. The van der Waals surface area contributed by atoms with Gasteiger partial charge in [0.05, 0.1) is 12.5 Å². The summed E-state index contributed by atoms with van der Waals surface area (Å²) in [4.78, 5) is 23.3. The van der Waals surface area contributed by atoms with Gasteiger partial charge in [0, 0.05) is 5.54 Å². The predicted octanol–water partition coefficient (Wildman–Crippen LogP) is 1.12. The number of nitrogens with one attached hydrogen (secondary N) is 1. The van der Waals surface area contributed by atoms with Gasteiger partial charge >= 0.3 is 5.97 Å². The Morgan fingerprint density at radius 1 is 1.30 bits per heavy atom. The highest BCUT2D eigenvalue weighted by Crippen LogP contribution is 2.59. The highest BCUT2D eigenvalue weighted by Gasteiger charge is 2.57. The van der Waals surface area contributed by atoms with Crippen molar-refractivity contribution in [3.05, 3.63) is 0 Å². The Morgan fingerprint density at radius 3 is 2.40 bits per heavy atom. The van der Waals surface area contributed by atoms with Crippen molar-refractivity contribution in [2.75, 3.05) is 0 Å². The molecule has 5 heteroatoms. The molecule has 0 aromatic rings. The number of rotatable bonds is 4. The molecule has 0 aromatic heterocycles. The van der Waals surface area contributed by atoms with Gasteiger partial charge in [0.2, 0.25) is 5.91 Å². The monoisotopic (exact) mass is 280 g/mol. The minimum Gasteiger partial charge on any atom is -0.481 e. The van der Waals surface area contributed by atoms with Crippen LogP contribution in [0.25, 0.3) is 0 Å². The van der Waals surface area contributed by atoms with Gasteiger partial charge in [0.15, 0.2) is 0 Å². The van der Waals surface area contributed by atoms with E-state index in [1.54, 1.807) is 6.92 Å². The summed E-state index contributed by atoms with van der Waals surface area (Å²) in [6.07, 6.45) is 5.59. The van der Waals surface area contributed by atoms with Gasteiger partial charge < -0.3 is 16.2 Å². The summed E-state index contributed by atoms with van der Waals surface area (Å²) in [5, 5.41) is 12.4. The van der Waals surface area contributed by atoms with Crippen molar-refractivity contribution in [1.29, 1.82) is 0 Å². The molecule has 0 radical (unpaired) electrons. The highest BCUT2D eigenvalue weighted by atomic mass is 16.4. The van der Waals surface area contributed by atoms with Crippen LogP contribution in [0.3, 0.4) is 0 Å². The molecule has 112 valence electrons. The number of carbonyl (C=O) groups is 2. The second-order valence-electron chi connectivity index (χ2n) is 7.25. The molecule has 0 aromatic carbocycles. The molecule has 20 heavy (non-hydrogen) atoms. The first-order valence-corrected chi connectivity index (χ1v) is 7.69. The second kappa shape index (κ2) is 4.72. The molecule has 4 aliphatic rings. The Labute approximate surface area is 119 Å². The predicted molar refractivity (Wildman–Crippen MR) is 73.8 cm³/mol. The zero-order chi connectivity index (χ0) is 14.5. The maximum absolute atomic E-state index is 12.1. The quantitative estimate of drug-likeness (QED) is 0.719. The van der Waals surface area contributed by atoms with Gasteiger partial charge in [0.1, 0.15) is 0 Å². The molecule has 1 amide bonds. The van der Waals surface area contributed by atoms with Crippen molar-refractivity contribution in [2.45, 2.75) is 57.0 Å². The minimum absolute atomic E-state index is 0.0792. The smallest absolute Gasteiger partial charge is 0.303 e. The molecule has 4 fully saturated rings. The van der Waals surface area contributed by atoms with Crippen molar-refractivity contribution in [3.63, 3.8) is 0 Å². The van der Waals surface area contributed by atoms with Gasteiger partial charge in [-0.25, -0.2) is 0 Å². The van der Waals surface area contributed by atoms with E-state index in [1.165, 1.54) is 6.42 Å². The maximum atomic E-state index is 12.1. The molecular weight excluding hydrogens is 256 g/mol. The first-order valence-electron chi connectivity index (χ1n) is 7.69. The van der Waals surface area contributed by atoms with Crippen LogP contribution in [0.15, 0.2) is 0 Å². The third kappa shape index (κ3) is 2.22. The largest absolute Gasteiger partial charge is 0.481 e. The van der Waals surface area contributed by atoms with Crippen LogP contribution in [0.2, 0.25) is 0 Å². The third-order valence-corrected chi connectivity index (χ3v) is 5.70. The molecule has 4 bridgehead atoms. The molecule has 0 heterocycles. The summed E-state index contributed by atoms with van der Waals surface area (Å²) in [6, 6.07) is -0.534. The van der Waals surface area contributed by atoms with Crippen LogP contribution in [-0.2, 0) is 9.59 Å². The Hall–Kier alpha value is -1.10. The Balaban J connectivity index is 1.87. The maximum Gasteiger partial charge on any atom is 0.303 e. The lowest BCUT2D eigenvalue weighted by molar-refractivity contribution is -0.148. The van der Waals surface area contributed by atoms with Crippen LogP contribution in [0.1, 0.15) is 45.4 Å².